The monoisotopic (exact) mass is 706 g/mol. The minimum Gasteiger partial charge on any atom is -0.443 e. The zero-order chi connectivity index (χ0) is 37.7. The second kappa shape index (κ2) is 23.8. The normalized spacial score (nSPS) is 13.5. The maximum Gasteiger partial charge on any atom is 0.425 e. The predicted octanol–water partition coefficient (Wildman–Crippen LogP) is 0.828. The number of ketones is 2. The Morgan fingerprint density at radius 2 is 0.898 bits per heavy atom. The van der Waals surface area contributed by atoms with Crippen LogP contribution in [0.1, 0.15) is 92.9 Å². The van der Waals surface area contributed by atoms with E-state index in [0.29, 0.717) is 75.2 Å². The molecular weight excluding hydrogens is 640 g/mol. The Morgan fingerprint density at radius 3 is 1.24 bits per heavy atom. The molecule has 0 unspecified atom stereocenters. The lowest BCUT2D eigenvalue weighted by Crippen LogP contribution is -2.68. The molecule has 12 N–H and O–H groups in total. The number of nitrogens with zero attached hydrogens (tertiary/aromatic N) is 2. The highest BCUT2D eigenvalue weighted by Gasteiger charge is 2.51. The number of carbonyl (C=O) groups excluding carboxylic acids is 4. The van der Waals surface area contributed by atoms with Gasteiger partial charge < -0.3 is 46.6 Å². The zero-order valence-corrected chi connectivity index (χ0v) is 30.7. The van der Waals surface area contributed by atoms with Crippen molar-refractivity contribution in [2.24, 2.45) is 34.6 Å². The third-order valence-electron chi connectivity index (χ3n) is 7.11. The molecule has 0 aliphatic rings. The first-order valence-electron chi connectivity index (χ1n) is 17.1. The molecule has 0 heterocycles. The van der Waals surface area contributed by atoms with Crippen LogP contribution >= 0.6 is 0 Å². The molecule has 0 aromatic rings. The van der Waals surface area contributed by atoms with Gasteiger partial charge in [-0.1, -0.05) is 0 Å². The van der Waals surface area contributed by atoms with Crippen LogP contribution < -0.4 is 34.6 Å². The zero-order valence-electron chi connectivity index (χ0n) is 30.7. The first-order chi connectivity index (χ1) is 22.9. The van der Waals surface area contributed by atoms with Crippen molar-refractivity contribution in [1.82, 2.24) is 10.0 Å². The minimum atomic E-state index is -2.31. The number of nitrogens with two attached hydrogens (primary N) is 6. The smallest absolute Gasteiger partial charge is 0.425 e. The highest BCUT2D eigenvalue weighted by Crippen LogP contribution is 2.25. The van der Waals surface area contributed by atoms with Gasteiger partial charge in [-0.25, -0.2) is 31.3 Å². The molecule has 17 nitrogen and oxygen atoms in total. The number of hydrazine groups is 2. The maximum absolute atomic E-state index is 14.5. The van der Waals surface area contributed by atoms with E-state index in [-0.39, 0.29) is 39.1 Å². The Morgan fingerprint density at radius 1 is 0.551 bits per heavy atom. The van der Waals surface area contributed by atoms with Gasteiger partial charge in [-0.3, -0.25) is 9.59 Å². The molecule has 2 atom stereocenters. The van der Waals surface area contributed by atoms with Gasteiger partial charge in [0.25, 0.3) is 0 Å². The summed E-state index contributed by atoms with van der Waals surface area (Å²) < 4.78 is 27.4. The second-order valence-corrected chi connectivity index (χ2v) is 13.8. The van der Waals surface area contributed by atoms with Crippen molar-refractivity contribution in [3.8, 4) is 0 Å². The summed E-state index contributed by atoms with van der Waals surface area (Å²) in [6.45, 7) is 12.5. The lowest BCUT2D eigenvalue weighted by molar-refractivity contribution is -0.142. The molecule has 288 valence electrons. The van der Waals surface area contributed by atoms with Crippen LogP contribution in [-0.2, 0) is 33.3 Å². The average Bonchev–Trinajstić information content (AvgIpc) is 3.01. The molecule has 0 aromatic heterocycles. The SMILES string of the molecule is CC(C)(C)OC(=O)N(N)[C@@H](CCCCN)C(=O)C(N)(CCOCCOCCOCCCN)C(=O)[C@H](CCCCN)N(N)C(=O)OC(C)(C)C. The van der Waals surface area contributed by atoms with E-state index in [0.717, 1.165) is 6.42 Å². The third-order valence-corrected chi connectivity index (χ3v) is 7.11. The number of hydrogen-bond acceptors (Lipinski definition) is 15. The van der Waals surface area contributed by atoms with Crippen molar-refractivity contribution in [1.29, 1.82) is 0 Å². The third kappa shape index (κ3) is 18.9. The van der Waals surface area contributed by atoms with E-state index in [9.17, 15) is 19.2 Å². The molecule has 0 saturated heterocycles. The van der Waals surface area contributed by atoms with Crippen LogP contribution in [-0.4, -0.2) is 122 Å². The molecule has 49 heavy (non-hydrogen) atoms. The standard InChI is InChI=1S/C32H66N8O9/c1-30(2,3)48-28(43)39(37)24(12-7-9-15-33)26(41)32(36,14-19-46-21-23-47-22-20-45-18-11-17-35)27(42)25(13-8-10-16-34)40(38)29(44)49-31(4,5)6/h24-25H,7-23,33-38H2,1-6H3/t24-,25-/m0/s1. The lowest BCUT2D eigenvalue weighted by Gasteiger charge is -2.38. The van der Waals surface area contributed by atoms with Gasteiger partial charge >= 0.3 is 12.2 Å². The van der Waals surface area contributed by atoms with Gasteiger partial charge in [0.15, 0.2) is 11.6 Å². The Kier molecular flexibility index (Phi) is 22.6. The summed E-state index contributed by atoms with van der Waals surface area (Å²) >= 11 is 0. The van der Waals surface area contributed by atoms with Gasteiger partial charge in [0.1, 0.15) is 28.8 Å². The van der Waals surface area contributed by atoms with Crippen molar-refractivity contribution in [3.05, 3.63) is 0 Å². The van der Waals surface area contributed by atoms with Crippen LogP contribution in [0.3, 0.4) is 0 Å². The first-order valence-corrected chi connectivity index (χ1v) is 17.1. The minimum absolute atomic E-state index is 0.0380. The molecule has 0 aromatic carbocycles. The molecule has 17 heteroatoms. The molecule has 0 saturated carbocycles. The summed E-state index contributed by atoms with van der Waals surface area (Å²) in [5.41, 5.74) is 19.5. The van der Waals surface area contributed by atoms with Gasteiger partial charge in [0.05, 0.1) is 26.4 Å². The van der Waals surface area contributed by atoms with Gasteiger partial charge in [0, 0.05) is 19.6 Å². The largest absolute Gasteiger partial charge is 0.443 e. The molecule has 0 spiro atoms. The van der Waals surface area contributed by atoms with Crippen LogP contribution in [0.15, 0.2) is 0 Å². The summed E-state index contributed by atoms with van der Waals surface area (Å²) in [5.74, 6) is 10.7. The lowest BCUT2D eigenvalue weighted by atomic mass is 9.78. The van der Waals surface area contributed by atoms with E-state index in [2.05, 4.69) is 0 Å². The van der Waals surface area contributed by atoms with Crippen LogP contribution in [0.4, 0.5) is 9.59 Å². The molecule has 0 aliphatic heterocycles. The topological polar surface area (TPSA) is 277 Å². The van der Waals surface area contributed by atoms with Gasteiger partial charge in [-0.2, -0.15) is 0 Å². The summed E-state index contributed by atoms with van der Waals surface area (Å²) in [7, 11) is 0. The van der Waals surface area contributed by atoms with Crippen LogP contribution in [0.25, 0.3) is 0 Å². The van der Waals surface area contributed by atoms with Crippen molar-refractivity contribution in [3.63, 3.8) is 0 Å². The number of Topliss-reactive ketones (excluding diaryl/α,β-unsaturated/α-hetero) is 2. The van der Waals surface area contributed by atoms with E-state index in [1.54, 1.807) is 41.5 Å². The van der Waals surface area contributed by atoms with E-state index < -0.39 is 52.6 Å². The molecule has 0 rings (SSSR count). The Labute approximate surface area is 292 Å². The number of rotatable bonds is 26. The molecule has 0 radical (unpaired) electrons. The summed E-state index contributed by atoms with van der Waals surface area (Å²) in [6.07, 6.45) is 0.333. The van der Waals surface area contributed by atoms with Crippen molar-refractivity contribution < 1.29 is 42.9 Å². The summed E-state index contributed by atoms with van der Waals surface area (Å²) in [4.78, 5) is 55.1. The summed E-state index contributed by atoms with van der Waals surface area (Å²) in [5, 5.41) is 1.31. The number of amides is 2. The highest BCUT2D eigenvalue weighted by molar-refractivity contribution is 6.16. The first kappa shape index (κ1) is 46.5. The second-order valence-electron chi connectivity index (χ2n) is 13.8. The fourth-order valence-electron chi connectivity index (χ4n) is 4.56. The molecule has 0 aliphatic carbocycles. The fraction of sp³-hybridized carbons (Fsp3) is 0.875. The van der Waals surface area contributed by atoms with Crippen LogP contribution in [0, 0.1) is 0 Å². The molecule has 0 bridgehead atoms. The maximum atomic E-state index is 14.5. The van der Waals surface area contributed by atoms with Gasteiger partial charge in [-0.15, -0.1) is 0 Å². The van der Waals surface area contributed by atoms with E-state index >= 15 is 0 Å². The quantitative estimate of drug-likeness (QED) is 0.0239. The van der Waals surface area contributed by atoms with Crippen molar-refractivity contribution in [2.75, 3.05) is 59.3 Å². The van der Waals surface area contributed by atoms with Gasteiger partial charge in [0.2, 0.25) is 0 Å². The van der Waals surface area contributed by atoms with Gasteiger partial charge in [-0.05, 0) is 106 Å². The van der Waals surface area contributed by atoms with Crippen LogP contribution in [0.5, 0.6) is 0 Å². The van der Waals surface area contributed by atoms with E-state index in [4.69, 9.17) is 58.3 Å². The number of carbonyl (C=O) groups is 4. The molecular formula is C32H66N8O9. The van der Waals surface area contributed by atoms with Crippen LogP contribution in [0.2, 0.25) is 0 Å². The van der Waals surface area contributed by atoms with Crippen molar-refractivity contribution in [2.45, 2.75) is 122 Å². The highest BCUT2D eigenvalue weighted by atomic mass is 16.6. The van der Waals surface area contributed by atoms with E-state index in [1.165, 1.54) is 0 Å². The Bertz CT molecular complexity index is 915. The Hall–Kier alpha value is -2.48. The van der Waals surface area contributed by atoms with Crippen molar-refractivity contribution >= 4 is 23.8 Å². The Balaban J connectivity index is 6.40. The predicted molar refractivity (Wildman–Crippen MR) is 186 cm³/mol. The van der Waals surface area contributed by atoms with E-state index in [1.807, 2.05) is 0 Å². The summed E-state index contributed by atoms with van der Waals surface area (Å²) in [6, 6.07) is -2.76. The molecule has 0 fully saturated rings. The fourth-order valence-corrected chi connectivity index (χ4v) is 4.56. The number of unbranched alkanes of at least 4 members (excludes halogenated alkanes) is 2. The molecule has 2 amide bonds. The average molecular weight is 707 g/mol. The number of hydrogen-bond donors (Lipinski definition) is 6. The number of ether oxygens (including phenoxy) is 5.